The summed E-state index contributed by atoms with van der Waals surface area (Å²) in [7, 11) is 0. The minimum Gasteiger partial charge on any atom is -0.481 e. The van der Waals surface area contributed by atoms with E-state index >= 15 is 0 Å². The lowest BCUT2D eigenvalue weighted by atomic mass is 10.2. The number of hydrogen-bond acceptors (Lipinski definition) is 1. The summed E-state index contributed by atoms with van der Waals surface area (Å²) >= 11 is 0. The first-order valence-corrected chi connectivity index (χ1v) is 2.61. The van der Waals surface area contributed by atoms with Crippen molar-refractivity contribution in [2.75, 3.05) is 0 Å². The van der Waals surface area contributed by atoms with Gasteiger partial charge in [0.15, 0.2) is 0 Å². The molecule has 0 heterocycles. The minimum atomic E-state index is -1.10. The van der Waals surface area contributed by atoms with Gasteiger partial charge in [0.2, 0.25) is 0 Å². The van der Waals surface area contributed by atoms with Gasteiger partial charge in [0.25, 0.3) is 0 Å². The second kappa shape index (κ2) is 4.62. The first kappa shape index (κ1) is 4.36. The van der Waals surface area contributed by atoms with Crippen LogP contribution >= 0.6 is 0 Å². The predicted octanol–water partition coefficient (Wildman–Crippen LogP) is 1.65. The summed E-state index contributed by atoms with van der Waals surface area (Å²) in [6.45, 7) is 1.69. The Kier molecular flexibility index (Phi) is 2.52. The van der Waals surface area contributed by atoms with Gasteiger partial charge in [0.1, 0.15) is 0 Å². The smallest absolute Gasteiger partial charge is 0.303 e. The number of carboxylic acids is 1. The lowest BCUT2D eigenvalue weighted by Crippen LogP contribution is -1.92. The number of rotatable bonds is 4. The van der Waals surface area contributed by atoms with Gasteiger partial charge >= 0.3 is 5.97 Å². The zero-order valence-electron chi connectivity index (χ0n) is 6.92. The average Bonchev–Trinajstić information content (AvgIpc) is 1.82. The molecule has 0 rings (SSSR count). The van der Waals surface area contributed by atoms with E-state index in [1.165, 1.54) is 0 Å². The molecule has 2 nitrogen and oxygen atoms in total. The third kappa shape index (κ3) is 5.47. The van der Waals surface area contributed by atoms with Crippen molar-refractivity contribution in [2.45, 2.75) is 32.6 Å². The zero-order valence-corrected chi connectivity index (χ0v) is 4.92. The number of carbonyl (C=O) groups is 1. The van der Waals surface area contributed by atoms with Crippen LogP contribution in [0, 0.1) is 0 Å². The standard InChI is InChI=1S/C6H12O2/c1-2-3-4-5-6(7)8/h2-5H2,1H3,(H,7,8)/i2D,5D. The van der Waals surface area contributed by atoms with Crippen LogP contribution in [0.4, 0.5) is 0 Å². The Balaban J connectivity index is 3.40. The highest BCUT2D eigenvalue weighted by Gasteiger charge is 1.92. The van der Waals surface area contributed by atoms with Crippen LogP contribution in [0.5, 0.6) is 0 Å². The number of hydrogen-bond donors (Lipinski definition) is 1. The molecular weight excluding hydrogens is 104 g/mol. The highest BCUT2D eigenvalue weighted by atomic mass is 16.4. The van der Waals surface area contributed by atoms with Gasteiger partial charge < -0.3 is 5.11 Å². The lowest BCUT2D eigenvalue weighted by molar-refractivity contribution is -0.137. The molecule has 0 fully saturated rings. The molecular formula is C6H12O2. The highest BCUT2D eigenvalue weighted by Crippen LogP contribution is 1.97. The van der Waals surface area contributed by atoms with Gasteiger partial charge in [-0.15, -0.1) is 0 Å². The van der Waals surface area contributed by atoms with Gasteiger partial charge in [-0.2, -0.15) is 0 Å². The van der Waals surface area contributed by atoms with Crippen molar-refractivity contribution < 1.29 is 12.6 Å². The van der Waals surface area contributed by atoms with E-state index in [0.29, 0.717) is 6.42 Å². The molecule has 0 saturated heterocycles. The third-order valence-electron chi connectivity index (χ3n) is 0.774. The van der Waals surface area contributed by atoms with Gasteiger partial charge in [0, 0.05) is 9.14 Å². The monoisotopic (exact) mass is 118 g/mol. The van der Waals surface area contributed by atoms with Crippen LogP contribution in [0.15, 0.2) is 0 Å². The molecule has 0 amide bonds. The Bertz CT molecular complexity index is 114. The van der Waals surface area contributed by atoms with Crippen LogP contribution in [0.2, 0.25) is 0 Å². The molecule has 8 heavy (non-hydrogen) atoms. The van der Waals surface area contributed by atoms with Crippen LogP contribution < -0.4 is 0 Å². The van der Waals surface area contributed by atoms with Gasteiger partial charge in [-0.25, -0.2) is 0 Å². The van der Waals surface area contributed by atoms with E-state index < -0.39 is 12.4 Å². The zero-order chi connectivity index (χ0) is 8.15. The van der Waals surface area contributed by atoms with E-state index in [4.69, 9.17) is 7.85 Å². The molecule has 0 aliphatic carbocycles. The number of aliphatic carboxylic acids is 1. The van der Waals surface area contributed by atoms with Crippen molar-refractivity contribution in [3.63, 3.8) is 0 Å². The van der Waals surface area contributed by atoms with E-state index in [2.05, 4.69) is 0 Å². The number of carboxylic acid groups (broad SMARTS) is 1. The fourth-order valence-corrected chi connectivity index (χ4v) is 0.373. The molecule has 0 aliphatic heterocycles. The molecule has 48 valence electrons. The molecule has 0 spiro atoms. The first-order valence-electron chi connectivity index (χ1n) is 3.76. The Hall–Kier alpha value is -0.530. The summed E-state index contributed by atoms with van der Waals surface area (Å²) in [5.74, 6) is -1.10. The Labute approximate surface area is 52.3 Å². The van der Waals surface area contributed by atoms with Crippen molar-refractivity contribution in [3.05, 3.63) is 0 Å². The minimum absolute atomic E-state index is 0.257. The van der Waals surface area contributed by atoms with Gasteiger partial charge in [-0.3, -0.25) is 4.79 Å². The van der Waals surface area contributed by atoms with Crippen LogP contribution in [0.3, 0.4) is 0 Å². The summed E-state index contributed by atoms with van der Waals surface area (Å²) in [6, 6.07) is 0. The Morgan fingerprint density at radius 2 is 2.38 bits per heavy atom. The predicted molar refractivity (Wildman–Crippen MR) is 31.8 cm³/mol. The van der Waals surface area contributed by atoms with Crippen LogP contribution in [0.1, 0.15) is 35.3 Å². The van der Waals surface area contributed by atoms with Crippen LogP contribution in [-0.2, 0) is 4.79 Å². The van der Waals surface area contributed by atoms with Crippen molar-refractivity contribution in [2.24, 2.45) is 0 Å². The second-order valence-corrected chi connectivity index (χ2v) is 1.53. The van der Waals surface area contributed by atoms with Gasteiger partial charge in [-0.1, -0.05) is 19.7 Å². The van der Waals surface area contributed by atoms with Gasteiger partial charge in [0.05, 0.1) is 0 Å². The molecule has 0 aromatic heterocycles. The summed E-state index contributed by atoms with van der Waals surface area (Å²) < 4.78 is 14.0. The van der Waals surface area contributed by atoms with Gasteiger partial charge in [-0.05, 0) is 6.42 Å². The summed E-state index contributed by atoms with van der Waals surface area (Å²) in [5, 5.41) is 8.25. The molecule has 2 heteroatoms. The third-order valence-corrected chi connectivity index (χ3v) is 0.774. The molecule has 0 aromatic rings. The SMILES string of the molecule is [2H]C(C)CCC([2H])C(=O)O. The maximum Gasteiger partial charge on any atom is 0.303 e. The molecule has 2 atom stereocenters. The molecule has 0 aliphatic rings. The van der Waals surface area contributed by atoms with Crippen LogP contribution in [-0.4, -0.2) is 11.1 Å². The van der Waals surface area contributed by atoms with Crippen LogP contribution in [0.25, 0.3) is 0 Å². The lowest BCUT2D eigenvalue weighted by Gasteiger charge is -1.89. The molecule has 0 radical (unpaired) electrons. The van der Waals surface area contributed by atoms with E-state index in [0.717, 1.165) is 0 Å². The average molecular weight is 118 g/mol. The van der Waals surface area contributed by atoms with E-state index in [1.807, 2.05) is 0 Å². The maximum atomic E-state index is 10.1. The molecule has 0 saturated carbocycles. The fourth-order valence-electron chi connectivity index (χ4n) is 0.373. The van der Waals surface area contributed by atoms with Crippen molar-refractivity contribution in [1.29, 1.82) is 0 Å². The summed E-state index contributed by atoms with van der Waals surface area (Å²) in [6.07, 6.45) is -0.541. The van der Waals surface area contributed by atoms with Crippen molar-refractivity contribution in [1.82, 2.24) is 0 Å². The maximum absolute atomic E-state index is 10.1. The molecule has 1 N–H and O–H groups in total. The quantitative estimate of drug-likeness (QED) is 0.609. The van der Waals surface area contributed by atoms with Crippen molar-refractivity contribution in [3.8, 4) is 0 Å². The summed E-state index contributed by atoms with van der Waals surface area (Å²) in [5.41, 5.74) is 0. The van der Waals surface area contributed by atoms with E-state index in [9.17, 15) is 4.79 Å². The Morgan fingerprint density at radius 1 is 1.75 bits per heavy atom. The topological polar surface area (TPSA) is 37.3 Å². The molecule has 0 bridgehead atoms. The highest BCUT2D eigenvalue weighted by molar-refractivity contribution is 5.66. The fraction of sp³-hybridized carbons (Fsp3) is 0.833. The second-order valence-electron chi connectivity index (χ2n) is 1.53. The largest absolute Gasteiger partial charge is 0.481 e. The molecule has 2 unspecified atom stereocenters. The van der Waals surface area contributed by atoms with E-state index in [-0.39, 0.29) is 12.8 Å². The van der Waals surface area contributed by atoms with E-state index in [1.54, 1.807) is 6.92 Å². The van der Waals surface area contributed by atoms with Crippen molar-refractivity contribution >= 4 is 5.97 Å². The summed E-state index contributed by atoms with van der Waals surface area (Å²) in [4.78, 5) is 10.1. The Morgan fingerprint density at radius 3 is 2.75 bits per heavy atom. The normalized spacial score (nSPS) is 20.6. The first-order chi connectivity index (χ1) is 4.54. The molecule has 0 aromatic carbocycles.